The predicted molar refractivity (Wildman–Crippen MR) is 96.8 cm³/mol. The molecule has 0 bridgehead atoms. The van der Waals surface area contributed by atoms with Crippen molar-refractivity contribution in [2.24, 2.45) is 5.41 Å². The first-order valence-electron chi connectivity index (χ1n) is 7.80. The topological polar surface area (TPSA) is 21.3 Å². The molecular formula is C19H27NOSi. The molecule has 2 unspecified atom stereocenters. The zero-order valence-corrected chi connectivity index (χ0v) is 16.3. The molecule has 0 saturated carbocycles. The van der Waals surface area contributed by atoms with Crippen LogP contribution in [0.15, 0.2) is 60.7 Å². The standard InChI is InChI=1S/C19H27NOSi/c1-18(2,3)17(15-11-7-5-8-12-15)19(20-4,21-22)16-13-9-6-10-14-16/h5-14,17,20H,1-4,22H3. The van der Waals surface area contributed by atoms with Crippen molar-refractivity contribution in [1.29, 1.82) is 0 Å². The van der Waals surface area contributed by atoms with E-state index in [0.717, 1.165) is 0 Å². The van der Waals surface area contributed by atoms with Crippen molar-refractivity contribution < 1.29 is 4.43 Å². The maximum Gasteiger partial charge on any atom is 0.148 e. The van der Waals surface area contributed by atoms with Crippen LogP contribution < -0.4 is 5.32 Å². The van der Waals surface area contributed by atoms with Crippen LogP contribution >= 0.6 is 0 Å². The Morgan fingerprint density at radius 1 is 0.909 bits per heavy atom. The van der Waals surface area contributed by atoms with Gasteiger partial charge in [-0.05, 0) is 23.6 Å². The molecule has 0 aliphatic rings. The number of rotatable bonds is 5. The highest BCUT2D eigenvalue weighted by atomic mass is 28.2. The Labute approximate surface area is 137 Å². The third kappa shape index (κ3) is 3.17. The number of nitrogens with one attached hydrogen (secondary N) is 1. The van der Waals surface area contributed by atoms with Crippen LogP contribution in [0.1, 0.15) is 37.8 Å². The molecule has 22 heavy (non-hydrogen) atoms. The monoisotopic (exact) mass is 313 g/mol. The lowest BCUT2D eigenvalue weighted by atomic mass is 9.68. The van der Waals surface area contributed by atoms with Gasteiger partial charge >= 0.3 is 0 Å². The second kappa shape index (κ2) is 6.78. The molecule has 0 aliphatic carbocycles. The quantitative estimate of drug-likeness (QED) is 0.676. The minimum atomic E-state index is -0.507. The highest BCUT2D eigenvalue weighted by Crippen LogP contribution is 2.48. The second-order valence-corrected chi connectivity index (χ2v) is 7.17. The van der Waals surface area contributed by atoms with Crippen LogP contribution in [-0.2, 0) is 10.2 Å². The molecule has 2 atom stereocenters. The van der Waals surface area contributed by atoms with Crippen molar-refractivity contribution in [2.45, 2.75) is 32.4 Å². The lowest BCUT2D eigenvalue weighted by molar-refractivity contribution is -0.0232. The predicted octanol–water partition coefficient (Wildman–Crippen LogP) is 3.19. The van der Waals surface area contributed by atoms with Crippen LogP contribution in [0.2, 0.25) is 0 Å². The third-order valence-electron chi connectivity index (χ3n) is 4.30. The Bertz CT molecular complexity index is 573. The molecule has 0 radical (unpaired) electrons. The zero-order valence-electron chi connectivity index (χ0n) is 14.3. The fourth-order valence-corrected chi connectivity index (χ4v) is 4.14. The van der Waals surface area contributed by atoms with E-state index in [-0.39, 0.29) is 11.3 Å². The van der Waals surface area contributed by atoms with E-state index in [0.29, 0.717) is 10.5 Å². The van der Waals surface area contributed by atoms with Crippen LogP contribution in [0, 0.1) is 5.41 Å². The smallest absolute Gasteiger partial charge is 0.148 e. The van der Waals surface area contributed by atoms with Gasteiger partial charge < -0.3 is 4.43 Å². The van der Waals surface area contributed by atoms with Gasteiger partial charge in [0, 0.05) is 5.92 Å². The van der Waals surface area contributed by atoms with E-state index in [9.17, 15) is 0 Å². The summed E-state index contributed by atoms with van der Waals surface area (Å²) < 4.78 is 6.24. The molecule has 2 aromatic rings. The molecule has 0 aromatic heterocycles. The van der Waals surface area contributed by atoms with Crippen molar-refractivity contribution in [3.63, 3.8) is 0 Å². The molecule has 0 aliphatic heterocycles. The Kier molecular flexibility index (Phi) is 5.22. The summed E-state index contributed by atoms with van der Waals surface area (Å²) >= 11 is 0. The molecule has 0 fully saturated rings. The van der Waals surface area contributed by atoms with Gasteiger partial charge in [0.25, 0.3) is 0 Å². The van der Waals surface area contributed by atoms with Crippen molar-refractivity contribution >= 4 is 10.5 Å². The molecule has 2 nitrogen and oxygen atoms in total. The maximum atomic E-state index is 6.24. The second-order valence-electron chi connectivity index (χ2n) is 6.77. The Hall–Kier alpha value is -1.42. The minimum Gasteiger partial charge on any atom is -0.406 e. The number of benzene rings is 2. The largest absolute Gasteiger partial charge is 0.406 e. The van der Waals surface area contributed by atoms with Gasteiger partial charge in [0.05, 0.1) is 0 Å². The first kappa shape index (κ1) is 16.9. The summed E-state index contributed by atoms with van der Waals surface area (Å²) in [5, 5.41) is 3.50. The van der Waals surface area contributed by atoms with E-state index in [4.69, 9.17) is 4.43 Å². The van der Waals surface area contributed by atoms with Gasteiger partial charge in [-0.1, -0.05) is 81.4 Å². The van der Waals surface area contributed by atoms with Gasteiger partial charge in [0.2, 0.25) is 0 Å². The normalized spacial score (nSPS) is 16.2. The van der Waals surface area contributed by atoms with Gasteiger partial charge in [-0.3, -0.25) is 5.32 Å². The third-order valence-corrected chi connectivity index (χ3v) is 4.95. The molecule has 0 spiro atoms. The van der Waals surface area contributed by atoms with E-state index in [2.05, 4.69) is 80.7 Å². The molecule has 2 rings (SSSR count). The summed E-state index contributed by atoms with van der Waals surface area (Å²) in [4.78, 5) is 0. The average molecular weight is 314 g/mol. The van der Waals surface area contributed by atoms with E-state index in [1.165, 1.54) is 11.1 Å². The average Bonchev–Trinajstić information content (AvgIpc) is 2.53. The number of hydrogen-bond acceptors (Lipinski definition) is 2. The number of hydrogen-bond donors (Lipinski definition) is 1. The molecule has 0 amide bonds. The summed E-state index contributed by atoms with van der Waals surface area (Å²) in [6.45, 7) is 6.83. The zero-order chi connectivity index (χ0) is 16.2. The molecule has 0 heterocycles. The van der Waals surface area contributed by atoms with Crippen molar-refractivity contribution in [1.82, 2.24) is 5.32 Å². The van der Waals surface area contributed by atoms with Crippen LogP contribution in [0.25, 0.3) is 0 Å². The lowest BCUT2D eigenvalue weighted by Crippen LogP contribution is -2.51. The molecule has 3 heteroatoms. The summed E-state index contributed by atoms with van der Waals surface area (Å²) in [5.41, 5.74) is 2.01. The fraction of sp³-hybridized carbons (Fsp3) is 0.368. The van der Waals surface area contributed by atoms with Crippen LogP contribution in [0.4, 0.5) is 0 Å². The SMILES string of the molecule is CNC(O[SiH3])(c1ccccc1)C(c1ccccc1)C(C)(C)C. The first-order chi connectivity index (χ1) is 10.5. The van der Waals surface area contributed by atoms with E-state index in [1.807, 2.05) is 13.1 Å². The van der Waals surface area contributed by atoms with Crippen LogP contribution in [0.3, 0.4) is 0 Å². The summed E-state index contributed by atoms with van der Waals surface area (Å²) in [6, 6.07) is 21.2. The minimum absolute atomic E-state index is 0.0462. The van der Waals surface area contributed by atoms with Crippen molar-refractivity contribution in [3.05, 3.63) is 71.8 Å². The molecule has 0 saturated heterocycles. The van der Waals surface area contributed by atoms with E-state index in [1.54, 1.807) is 0 Å². The maximum absolute atomic E-state index is 6.24. The molecule has 1 N–H and O–H groups in total. The first-order valence-corrected chi connectivity index (χ1v) is 8.62. The Morgan fingerprint density at radius 2 is 1.41 bits per heavy atom. The highest BCUT2D eigenvalue weighted by Gasteiger charge is 2.46. The van der Waals surface area contributed by atoms with Gasteiger partial charge in [-0.25, -0.2) is 0 Å². The van der Waals surface area contributed by atoms with Crippen molar-refractivity contribution in [3.8, 4) is 0 Å². The van der Waals surface area contributed by atoms with Gasteiger partial charge in [-0.2, -0.15) is 0 Å². The van der Waals surface area contributed by atoms with Crippen molar-refractivity contribution in [2.75, 3.05) is 7.05 Å². The van der Waals surface area contributed by atoms with Crippen LogP contribution in [0.5, 0.6) is 0 Å². The molecular weight excluding hydrogens is 286 g/mol. The van der Waals surface area contributed by atoms with Gasteiger partial charge in [0.1, 0.15) is 16.2 Å². The Balaban J connectivity index is 2.65. The van der Waals surface area contributed by atoms with E-state index < -0.39 is 5.72 Å². The molecule has 118 valence electrons. The van der Waals surface area contributed by atoms with E-state index >= 15 is 0 Å². The highest BCUT2D eigenvalue weighted by molar-refractivity contribution is 5.98. The number of likely N-dealkylation sites (N-methyl/N-ethyl adjacent to an activating group) is 1. The molecule has 2 aromatic carbocycles. The fourth-order valence-electron chi connectivity index (χ4n) is 3.47. The summed E-state index contributed by atoms with van der Waals surface area (Å²) in [5.74, 6) is 0.200. The summed E-state index contributed by atoms with van der Waals surface area (Å²) in [6.07, 6.45) is 0. The van der Waals surface area contributed by atoms with Crippen LogP contribution in [-0.4, -0.2) is 17.5 Å². The Morgan fingerprint density at radius 3 is 1.82 bits per heavy atom. The summed E-state index contributed by atoms with van der Waals surface area (Å²) in [7, 11) is 2.65. The van der Waals surface area contributed by atoms with Gasteiger partial charge in [0.15, 0.2) is 0 Å². The lowest BCUT2D eigenvalue weighted by Gasteiger charge is -2.47. The van der Waals surface area contributed by atoms with Gasteiger partial charge in [-0.15, -0.1) is 0 Å².